The van der Waals surface area contributed by atoms with Crippen molar-refractivity contribution in [3.05, 3.63) is 29.8 Å². The molecule has 104 valence electrons. The summed E-state index contributed by atoms with van der Waals surface area (Å²) in [6, 6.07) is 7.33. The molecule has 1 heterocycles. The fraction of sp³-hybridized carbons (Fsp3) is 0.500. The van der Waals surface area contributed by atoms with Gasteiger partial charge in [0.05, 0.1) is 0 Å². The quantitative estimate of drug-likeness (QED) is 0.808. The van der Waals surface area contributed by atoms with Crippen molar-refractivity contribution in [2.24, 2.45) is 5.73 Å². The molecule has 1 aromatic rings. The molecule has 0 unspecified atom stereocenters. The van der Waals surface area contributed by atoms with Crippen molar-refractivity contribution in [1.82, 2.24) is 9.80 Å². The van der Waals surface area contributed by atoms with E-state index >= 15 is 0 Å². The lowest BCUT2D eigenvalue weighted by Gasteiger charge is -2.32. The molecule has 1 aliphatic rings. The lowest BCUT2D eigenvalue weighted by atomic mass is 10.2. The Kier molecular flexibility index (Phi) is 4.76. The van der Waals surface area contributed by atoms with Crippen molar-refractivity contribution in [2.45, 2.75) is 0 Å². The van der Waals surface area contributed by atoms with Crippen molar-refractivity contribution in [2.75, 3.05) is 51.6 Å². The lowest BCUT2D eigenvalue weighted by molar-refractivity contribution is 0.100. The summed E-state index contributed by atoms with van der Waals surface area (Å²) in [5.74, 6) is -0.386. The van der Waals surface area contributed by atoms with Crippen LogP contribution in [-0.4, -0.2) is 62.0 Å². The normalized spacial score (nSPS) is 17.3. The van der Waals surface area contributed by atoms with Gasteiger partial charge in [-0.25, -0.2) is 0 Å². The van der Waals surface area contributed by atoms with E-state index < -0.39 is 0 Å². The van der Waals surface area contributed by atoms with E-state index in [1.165, 1.54) is 0 Å². The van der Waals surface area contributed by atoms with Crippen LogP contribution in [-0.2, 0) is 0 Å². The number of amides is 1. The van der Waals surface area contributed by atoms with Crippen molar-refractivity contribution < 1.29 is 4.79 Å². The largest absolute Gasteiger partial charge is 0.384 e. The van der Waals surface area contributed by atoms with Gasteiger partial charge in [0.15, 0.2) is 0 Å². The fourth-order valence-electron chi connectivity index (χ4n) is 2.21. The van der Waals surface area contributed by atoms with Crippen LogP contribution in [0, 0.1) is 0 Å². The van der Waals surface area contributed by atoms with Crippen LogP contribution in [0.1, 0.15) is 10.4 Å². The summed E-state index contributed by atoms with van der Waals surface area (Å²) in [5, 5.41) is 3.34. The van der Waals surface area contributed by atoms with Crippen molar-refractivity contribution >= 4 is 11.6 Å². The fourth-order valence-corrected chi connectivity index (χ4v) is 2.21. The number of anilines is 1. The number of likely N-dealkylation sites (N-methyl/N-ethyl adjacent to an activating group) is 1. The highest BCUT2D eigenvalue weighted by atomic mass is 16.1. The van der Waals surface area contributed by atoms with Crippen LogP contribution >= 0.6 is 0 Å². The van der Waals surface area contributed by atoms with Crippen LogP contribution < -0.4 is 11.1 Å². The molecule has 1 fully saturated rings. The Bertz CT molecular complexity index is 427. The van der Waals surface area contributed by atoms with E-state index in [1.807, 2.05) is 12.1 Å². The van der Waals surface area contributed by atoms with Gasteiger partial charge in [0.25, 0.3) is 0 Å². The minimum atomic E-state index is -0.386. The number of nitrogens with zero attached hydrogens (tertiary/aromatic N) is 2. The maximum atomic E-state index is 11.1. The first-order valence-electron chi connectivity index (χ1n) is 6.70. The van der Waals surface area contributed by atoms with Gasteiger partial charge in [-0.2, -0.15) is 0 Å². The van der Waals surface area contributed by atoms with E-state index in [2.05, 4.69) is 22.2 Å². The Morgan fingerprint density at radius 2 is 2.05 bits per heavy atom. The minimum absolute atomic E-state index is 0.386. The number of hydrogen-bond acceptors (Lipinski definition) is 4. The zero-order chi connectivity index (χ0) is 13.7. The molecular weight excluding hydrogens is 240 g/mol. The molecule has 0 spiro atoms. The van der Waals surface area contributed by atoms with Crippen molar-refractivity contribution in [3.8, 4) is 0 Å². The molecule has 1 saturated heterocycles. The molecule has 0 aliphatic carbocycles. The summed E-state index contributed by atoms with van der Waals surface area (Å²) in [6.45, 7) is 6.42. The first kappa shape index (κ1) is 13.8. The molecule has 1 aromatic carbocycles. The molecule has 1 aliphatic heterocycles. The minimum Gasteiger partial charge on any atom is -0.384 e. The van der Waals surface area contributed by atoms with E-state index in [4.69, 9.17) is 5.73 Å². The van der Waals surface area contributed by atoms with Crippen LogP contribution in [0.5, 0.6) is 0 Å². The molecule has 5 nitrogen and oxygen atoms in total. The van der Waals surface area contributed by atoms with Crippen molar-refractivity contribution in [1.29, 1.82) is 0 Å². The molecule has 0 bridgehead atoms. The van der Waals surface area contributed by atoms with Crippen molar-refractivity contribution in [3.63, 3.8) is 0 Å². The number of nitrogens with one attached hydrogen (secondary N) is 1. The van der Waals surface area contributed by atoms with Gasteiger partial charge in [0.1, 0.15) is 0 Å². The second-order valence-electron chi connectivity index (χ2n) is 5.02. The number of piperazine rings is 1. The van der Waals surface area contributed by atoms with Gasteiger partial charge in [-0.1, -0.05) is 6.07 Å². The number of carbonyl (C=O) groups excluding carboxylic acids is 1. The zero-order valence-electron chi connectivity index (χ0n) is 11.4. The molecular formula is C14H22N4O. The van der Waals surface area contributed by atoms with Gasteiger partial charge < -0.3 is 16.0 Å². The third-order valence-corrected chi connectivity index (χ3v) is 3.50. The smallest absolute Gasteiger partial charge is 0.248 e. The summed E-state index contributed by atoms with van der Waals surface area (Å²) < 4.78 is 0. The Morgan fingerprint density at radius 3 is 2.74 bits per heavy atom. The van der Waals surface area contributed by atoms with Crippen LogP contribution in [0.2, 0.25) is 0 Å². The number of primary amides is 1. The predicted molar refractivity (Wildman–Crippen MR) is 77.4 cm³/mol. The van der Waals surface area contributed by atoms with E-state index in [0.29, 0.717) is 5.56 Å². The summed E-state index contributed by atoms with van der Waals surface area (Å²) >= 11 is 0. The number of benzene rings is 1. The van der Waals surface area contributed by atoms with Crippen LogP contribution in [0.4, 0.5) is 5.69 Å². The molecule has 2 rings (SSSR count). The lowest BCUT2D eigenvalue weighted by Crippen LogP contribution is -2.45. The first-order valence-corrected chi connectivity index (χ1v) is 6.70. The summed E-state index contributed by atoms with van der Waals surface area (Å²) in [6.07, 6.45) is 0. The highest BCUT2D eigenvalue weighted by Crippen LogP contribution is 2.10. The van der Waals surface area contributed by atoms with Gasteiger partial charge in [0.2, 0.25) is 5.91 Å². The maximum absolute atomic E-state index is 11.1. The average Bonchev–Trinajstić information content (AvgIpc) is 2.41. The van der Waals surface area contributed by atoms with Gasteiger partial charge in [-0.05, 0) is 25.2 Å². The number of nitrogens with two attached hydrogens (primary N) is 1. The van der Waals surface area contributed by atoms with Crippen LogP contribution in [0.15, 0.2) is 24.3 Å². The average molecular weight is 262 g/mol. The first-order chi connectivity index (χ1) is 9.15. The highest BCUT2D eigenvalue weighted by Gasteiger charge is 2.12. The summed E-state index contributed by atoms with van der Waals surface area (Å²) in [5.41, 5.74) is 6.76. The highest BCUT2D eigenvalue weighted by molar-refractivity contribution is 5.93. The monoisotopic (exact) mass is 262 g/mol. The Morgan fingerprint density at radius 1 is 1.32 bits per heavy atom. The number of rotatable bonds is 5. The molecule has 0 radical (unpaired) electrons. The number of hydrogen-bond donors (Lipinski definition) is 2. The van der Waals surface area contributed by atoms with Crippen LogP contribution in [0.3, 0.4) is 0 Å². The van der Waals surface area contributed by atoms with E-state index in [-0.39, 0.29) is 5.91 Å². The SMILES string of the molecule is CN1CCN(CCNc2cccc(C(N)=O)c2)CC1. The standard InChI is InChI=1S/C14H22N4O/c1-17-7-9-18(10-8-17)6-5-16-13-4-2-3-12(11-13)14(15)19/h2-4,11,16H,5-10H2,1H3,(H2,15,19). The van der Waals surface area contributed by atoms with E-state index in [1.54, 1.807) is 12.1 Å². The molecule has 1 amide bonds. The van der Waals surface area contributed by atoms with E-state index in [0.717, 1.165) is 45.0 Å². The maximum Gasteiger partial charge on any atom is 0.248 e. The topological polar surface area (TPSA) is 61.6 Å². The Balaban J connectivity index is 1.76. The molecule has 0 atom stereocenters. The third-order valence-electron chi connectivity index (χ3n) is 3.50. The number of carbonyl (C=O) groups is 1. The molecule has 3 N–H and O–H groups in total. The van der Waals surface area contributed by atoms with Gasteiger partial charge in [0, 0.05) is 50.5 Å². The molecule has 0 saturated carbocycles. The van der Waals surface area contributed by atoms with Gasteiger partial charge in [-0.3, -0.25) is 9.69 Å². The summed E-state index contributed by atoms with van der Waals surface area (Å²) in [7, 11) is 2.16. The third kappa shape index (κ3) is 4.22. The van der Waals surface area contributed by atoms with E-state index in [9.17, 15) is 4.79 Å². The molecule has 19 heavy (non-hydrogen) atoms. The molecule has 0 aromatic heterocycles. The van der Waals surface area contributed by atoms with Crippen LogP contribution in [0.25, 0.3) is 0 Å². The Labute approximate surface area is 114 Å². The second kappa shape index (κ2) is 6.54. The predicted octanol–water partition coefficient (Wildman–Crippen LogP) is 0.445. The summed E-state index contributed by atoms with van der Waals surface area (Å²) in [4.78, 5) is 15.9. The van der Waals surface area contributed by atoms with Gasteiger partial charge in [-0.15, -0.1) is 0 Å². The zero-order valence-corrected chi connectivity index (χ0v) is 11.4. The van der Waals surface area contributed by atoms with Gasteiger partial charge >= 0.3 is 0 Å². The second-order valence-corrected chi connectivity index (χ2v) is 5.02. The molecule has 5 heteroatoms. The Hall–Kier alpha value is -1.59.